The van der Waals surface area contributed by atoms with Crippen LogP contribution in [-0.2, 0) is 17.8 Å². The number of aryl methyl sites for hydroxylation is 1. The van der Waals surface area contributed by atoms with Crippen molar-refractivity contribution < 1.29 is 9.53 Å². The van der Waals surface area contributed by atoms with Crippen LogP contribution in [0, 0.1) is 6.92 Å². The molecule has 1 aromatic carbocycles. The number of likely N-dealkylation sites (tertiary alicyclic amines) is 1. The molecular weight excluding hydrogens is 390 g/mol. The molecule has 7 heteroatoms. The Hall–Kier alpha value is -2.67. The van der Waals surface area contributed by atoms with Gasteiger partial charge in [0, 0.05) is 44.7 Å². The van der Waals surface area contributed by atoms with Gasteiger partial charge < -0.3 is 19.9 Å². The number of piperidine rings is 1. The molecule has 1 aromatic heterocycles. The quantitative estimate of drug-likeness (QED) is 0.770. The molecule has 1 amide bonds. The number of ether oxygens (including phenoxy) is 1. The molecule has 0 spiro atoms. The average Bonchev–Trinajstić information content (AvgIpc) is 2.79. The molecule has 1 N–H and O–H groups in total. The van der Waals surface area contributed by atoms with E-state index in [1.807, 2.05) is 43.1 Å². The van der Waals surface area contributed by atoms with Crippen molar-refractivity contribution >= 4 is 11.7 Å². The molecule has 7 nitrogen and oxygen atoms in total. The summed E-state index contributed by atoms with van der Waals surface area (Å²) in [5.41, 5.74) is 3.49. The molecule has 4 rings (SSSR count). The number of likely N-dealkylation sites (N-methyl/N-ethyl adjacent to an activating group) is 1. The van der Waals surface area contributed by atoms with E-state index in [1.165, 1.54) is 5.56 Å². The van der Waals surface area contributed by atoms with Crippen LogP contribution in [0.2, 0.25) is 0 Å². The molecule has 31 heavy (non-hydrogen) atoms. The number of nitrogens with one attached hydrogen (secondary N) is 1. The summed E-state index contributed by atoms with van der Waals surface area (Å²) in [6.07, 6.45) is 3.20. The molecule has 0 aliphatic carbocycles. The Morgan fingerprint density at radius 2 is 1.97 bits per heavy atom. The Morgan fingerprint density at radius 3 is 2.71 bits per heavy atom. The van der Waals surface area contributed by atoms with Gasteiger partial charge in [-0.2, -0.15) is 0 Å². The maximum absolute atomic E-state index is 12.6. The van der Waals surface area contributed by atoms with Crippen LogP contribution in [-0.4, -0.2) is 66.0 Å². The predicted octanol–water partition coefficient (Wildman–Crippen LogP) is 2.99. The van der Waals surface area contributed by atoms with Crippen molar-refractivity contribution in [1.82, 2.24) is 19.8 Å². The van der Waals surface area contributed by atoms with Crippen LogP contribution in [0.15, 0.2) is 24.3 Å². The molecular formula is C24H33N5O2. The van der Waals surface area contributed by atoms with E-state index in [4.69, 9.17) is 14.7 Å². The van der Waals surface area contributed by atoms with Crippen molar-refractivity contribution in [2.24, 2.45) is 0 Å². The van der Waals surface area contributed by atoms with Gasteiger partial charge in [-0.1, -0.05) is 18.2 Å². The van der Waals surface area contributed by atoms with Crippen molar-refractivity contribution in [3.63, 3.8) is 0 Å². The average molecular weight is 424 g/mol. The Balaban J connectivity index is 1.32. The molecule has 0 saturated carbocycles. The number of rotatable bonds is 6. The number of fused-ring (bicyclic) bond motifs is 1. The van der Waals surface area contributed by atoms with Crippen molar-refractivity contribution in [3.05, 3.63) is 46.9 Å². The molecule has 2 aromatic rings. The first-order chi connectivity index (χ1) is 15.0. The lowest BCUT2D eigenvalue weighted by atomic mass is 9.95. The fourth-order valence-corrected chi connectivity index (χ4v) is 4.48. The Labute approximate surface area is 184 Å². The first kappa shape index (κ1) is 21.6. The number of nitrogens with zero attached hydrogens (tertiary/aromatic N) is 4. The van der Waals surface area contributed by atoms with Gasteiger partial charge >= 0.3 is 0 Å². The number of amides is 1. The van der Waals surface area contributed by atoms with Gasteiger partial charge in [-0.3, -0.25) is 4.79 Å². The fourth-order valence-electron chi connectivity index (χ4n) is 4.48. The van der Waals surface area contributed by atoms with Crippen LogP contribution in [0.3, 0.4) is 0 Å². The molecule has 1 saturated heterocycles. The van der Waals surface area contributed by atoms with Crippen LogP contribution >= 0.6 is 0 Å². The second kappa shape index (κ2) is 9.64. The SMILES string of the molecule is CNc1nc(C2CCN(C(=O)CCOc3ccccc3C)CC2)nc2c1CCN(C)C2. The monoisotopic (exact) mass is 423 g/mol. The highest BCUT2D eigenvalue weighted by Gasteiger charge is 2.28. The number of carbonyl (C=O) groups excluding carboxylic acids is 1. The zero-order valence-electron chi connectivity index (χ0n) is 18.9. The maximum atomic E-state index is 12.6. The molecule has 3 heterocycles. The Kier molecular flexibility index (Phi) is 6.70. The van der Waals surface area contributed by atoms with Gasteiger partial charge in [-0.15, -0.1) is 0 Å². The minimum atomic E-state index is 0.163. The molecule has 166 valence electrons. The van der Waals surface area contributed by atoms with E-state index in [-0.39, 0.29) is 5.91 Å². The fraction of sp³-hybridized carbons (Fsp3) is 0.542. The molecule has 1 fully saturated rings. The maximum Gasteiger partial charge on any atom is 0.225 e. The van der Waals surface area contributed by atoms with Crippen LogP contribution in [0.1, 0.15) is 47.8 Å². The van der Waals surface area contributed by atoms with E-state index < -0.39 is 0 Å². The van der Waals surface area contributed by atoms with Gasteiger partial charge in [0.1, 0.15) is 17.4 Å². The third kappa shape index (κ3) is 4.98. The highest BCUT2D eigenvalue weighted by atomic mass is 16.5. The zero-order chi connectivity index (χ0) is 21.8. The van der Waals surface area contributed by atoms with Crippen LogP contribution in [0.5, 0.6) is 5.75 Å². The third-order valence-electron chi connectivity index (χ3n) is 6.39. The predicted molar refractivity (Wildman–Crippen MR) is 121 cm³/mol. The molecule has 2 aliphatic heterocycles. The lowest BCUT2D eigenvalue weighted by molar-refractivity contribution is -0.132. The summed E-state index contributed by atoms with van der Waals surface area (Å²) < 4.78 is 5.80. The van der Waals surface area contributed by atoms with Gasteiger partial charge in [0.15, 0.2) is 0 Å². The molecule has 2 aliphatic rings. The summed E-state index contributed by atoms with van der Waals surface area (Å²) in [5, 5.41) is 3.27. The molecule has 0 unspecified atom stereocenters. The Morgan fingerprint density at radius 1 is 1.19 bits per heavy atom. The normalized spacial score (nSPS) is 17.3. The molecule has 0 atom stereocenters. The smallest absolute Gasteiger partial charge is 0.225 e. The number of para-hydroxylation sites is 1. The van der Waals surface area contributed by atoms with E-state index >= 15 is 0 Å². The minimum absolute atomic E-state index is 0.163. The largest absolute Gasteiger partial charge is 0.493 e. The highest BCUT2D eigenvalue weighted by molar-refractivity contribution is 5.76. The van der Waals surface area contributed by atoms with E-state index in [0.717, 1.165) is 74.1 Å². The lowest BCUT2D eigenvalue weighted by Gasteiger charge is -2.32. The number of benzene rings is 1. The van der Waals surface area contributed by atoms with Crippen LogP contribution in [0.4, 0.5) is 5.82 Å². The first-order valence-corrected chi connectivity index (χ1v) is 11.3. The van der Waals surface area contributed by atoms with E-state index in [9.17, 15) is 4.79 Å². The first-order valence-electron chi connectivity index (χ1n) is 11.3. The Bertz CT molecular complexity index is 924. The zero-order valence-corrected chi connectivity index (χ0v) is 18.9. The number of anilines is 1. The van der Waals surface area contributed by atoms with E-state index in [1.54, 1.807) is 0 Å². The third-order valence-corrected chi connectivity index (χ3v) is 6.39. The van der Waals surface area contributed by atoms with E-state index in [0.29, 0.717) is 18.9 Å². The van der Waals surface area contributed by atoms with Gasteiger partial charge in [-0.25, -0.2) is 9.97 Å². The van der Waals surface area contributed by atoms with Gasteiger partial charge in [0.05, 0.1) is 18.7 Å². The second-order valence-corrected chi connectivity index (χ2v) is 8.61. The summed E-state index contributed by atoms with van der Waals surface area (Å²) in [5.74, 6) is 3.21. The number of hydrogen-bond donors (Lipinski definition) is 1. The topological polar surface area (TPSA) is 70.6 Å². The summed E-state index contributed by atoms with van der Waals surface area (Å²) >= 11 is 0. The minimum Gasteiger partial charge on any atom is -0.493 e. The van der Waals surface area contributed by atoms with Gasteiger partial charge in [0.25, 0.3) is 0 Å². The second-order valence-electron chi connectivity index (χ2n) is 8.61. The number of aromatic nitrogens is 2. The number of carbonyl (C=O) groups is 1. The summed E-state index contributed by atoms with van der Waals surface area (Å²) in [6, 6.07) is 7.90. The lowest BCUT2D eigenvalue weighted by Crippen LogP contribution is -2.39. The van der Waals surface area contributed by atoms with Crippen LogP contribution in [0.25, 0.3) is 0 Å². The van der Waals surface area contributed by atoms with E-state index in [2.05, 4.69) is 17.3 Å². The summed E-state index contributed by atoms with van der Waals surface area (Å²) in [7, 11) is 4.07. The molecule has 0 radical (unpaired) electrons. The van der Waals surface area contributed by atoms with Crippen molar-refractivity contribution in [3.8, 4) is 5.75 Å². The van der Waals surface area contributed by atoms with Crippen LogP contribution < -0.4 is 10.1 Å². The van der Waals surface area contributed by atoms with Gasteiger partial charge in [-0.05, 0) is 44.9 Å². The highest BCUT2D eigenvalue weighted by Crippen LogP contribution is 2.30. The molecule has 0 bridgehead atoms. The van der Waals surface area contributed by atoms with Gasteiger partial charge in [0.2, 0.25) is 5.91 Å². The standard InChI is InChI=1S/C24H33N5O2/c1-17-6-4-5-7-21(17)31-15-11-22(30)29-13-8-18(9-14-29)23-26-20-16-28(3)12-10-19(20)24(25-2)27-23/h4-7,18H,8-16H2,1-3H3,(H,25,26,27). The van der Waals surface area contributed by atoms with Crippen molar-refractivity contribution in [2.75, 3.05) is 45.7 Å². The van der Waals surface area contributed by atoms with Crippen molar-refractivity contribution in [1.29, 1.82) is 0 Å². The van der Waals surface area contributed by atoms with Crippen molar-refractivity contribution in [2.45, 2.75) is 45.1 Å². The number of hydrogen-bond acceptors (Lipinski definition) is 6. The summed E-state index contributed by atoms with van der Waals surface area (Å²) in [6.45, 7) is 5.85. The summed E-state index contributed by atoms with van der Waals surface area (Å²) in [4.78, 5) is 26.7.